The lowest BCUT2D eigenvalue weighted by Gasteiger charge is -2.33. The summed E-state index contributed by atoms with van der Waals surface area (Å²) in [5, 5.41) is 0. The third-order valence-electron chi connectivity index (χ3n) is 4.66. The van der Waals surface area contributed by atoms with Crippen LogP contribution in [0.5, 0.6) is 0 Å². The number of hydrogen-bond acceptors (Lipinski definition) is 2. The third kappa shape index (κ3) is 4.12. The number of piperidine rings is 1. The molecule has 0 radical (unpaired) electrons. The molecule has 1 aliphatic rings. The minimum Gasteiger partial charge on any atom is -0.341 e. The lowest BCUT2D eigenvalue weighted by molar-refractivity contribution is -0.132. The number of carbonyl (C=O) groups excluding carboxylic acids is 2. The molecule has 0 spiro atoms. The molecule has 1 aromatic carbocycles. The molecule has 1 heterocycles. The van der Waals surface area contributed by atoms with E-state index in [0.29, 0.717) is 5.92 Å². The van der Waals surface area contributed by atoms with E-state index in [9.17, 15) is 9.59 Å². The number of aryl methyl sites for hydroxylation is 2. The lowest BCUT2D eigenvalue weighted by atomic mass is 10.00. The van der Waals surface area contributed by atoms with Gasteiger partial charge in [0.2, 0.25) is 11.8 Å². The summed E-state index contributed by atoms with van der Waals surface area (Å²) < 4.78 is 0. The van der Waals surface area contributed by atoms with Crippen LogP contribution in [0.15, 0.2) is 18.2 Å². The van der Waals surface area contributed by atoms with Gasteiger partial charge in [-0.2, -0.15) is 0 Å². The Morgan fingerprint density at radius 3 is 2.70 bits per heavy atom. The van der Waals surface area contributed by atoms with Gasteiger partial charge in [-0.25, -0.2) is 0 Å². The van der Waals surface area contributed by atoms with E-state index in [1.807, 2.05) is 30.0 Å². The van der Waals surface area contributed by atoms with Crippen LogP contribution in [0.1, 0.15) is 44.7 Å². The first-order valence-corrected chi connectivity index (χ1v) is 8.58. The summed E-state index contributed by atoms with van der Waals surface area (Å²) in [6.45, 7) is 9.54. The molecule has 4 heteroatoms. The standard InChI is InChI=1S/C19H28N2O2/c1-5-17-10-6-9-15(3)19(17)21(16(4)22)13-18(23)20-11-7-8-14(2)12-20/h6,9-10,14H,5,7-8,11-13H2,1-4H3. The number of carbonyl (C=O) groups is 2. The highest BCUT2D eigenvalue weighted by molar-refractivity contribution is 5.98. The van der Waals surface area contributed by atoms with E-state index in [2.05, 4.69) is 13.8 Å². The van der Waals surface area contributed by atoms with Crippen LogP contribution in [-0.2, 0) is 16.0 Å². The summed E-state index contributed by atoms with van der Waals surface area (Å²) in [6.07, 6.45) is 3.07. The van der Waals surface area contributed by atoms with E-state index in [1.165, 1.54) is 13.3 Å². The number of amides is 2. The summed E-state index contributed by atoms with van der Waals surface area (Å²) in [4.78, 5) is 28.4. The Kier molecular flexibility index (Phi) is 5.80. The molecule has 0 bridgehead atoms. The number of anilines is 1. The van der Waals surface area contributed by atoms with Gasteiger partial charge in [0, 0.05) is 20.0 Å². The number of nitrogens with zero attached hydrogens (tertiary/aromatic N) is 2. The molecule has 4 nitrogen and oxygen atoms in total. The number of rotatable bonds is 4. The summed E-state index contributed by atoms with van der Waals surface area (Å²) in [5.41, 5.74) is 3.06. The van der Waals surface area contributed by atoms with Crippen molar-refractivity contribution >= 4 is 17.5 Å². The molecule has 2 amide bonds. The van der Waals surface area contributed by atoms with Crippen LogP contribution in [0.3, 0.4) is 0 Å². The van der Waals surface area contributed by atoms with Gasteiger partial charge in [-0.05, 0) is 43.2 Å². The van der Waals surface area contributed by atoms with Crippen LogP contribution in [0.25, 0.3) is 0 Å². The molecule has 1 unspecified atom stereocenters. The fraction of sp³-hybridized carbons (Fsp3) is 0.579. The van der Waals surface area contributed by atoms with Crippen molar-refractivity contribution < 1.29 is 9.59 Å². The maximum Gasteiger partial charge on any atom is 0.242 e. The first-order valence-electron chi connectivity index (χ1n) is 8.58. The minimum absolute atomic E-state index is 0.0528. The summed E-state index contributed by atoms with van der Waals surface area (Å²) >= 11 is 0. The minimum atomic E-state index is -0.0765. The highest BCUT2D eigenvalue weighted by Crippen LogP contribution is 2.26. The van der Waals surface area contributed by atoms with E-state index in [1.54, 1.807) is 4.90 Å². The van der Waals surface area contributed by atoms with Gasteiger partial charge in [-0.3, -0.25) is 9.59 Å². The first-order chi connectivity index (χ1) is 10.9. The summed E-state index contributed by atoms with van der Waals surface area (Å²) in [5.74, 6) is 0.521. The Bertz CT molecular complexity index is 583. The maximum atomic E-state index is 12.7. The SMILES string of the molecule is CCc1cccc(C)c1N(CC(=O)N1CCCC(C)C1)C(C)=O. The van der Waals surface area contributed by atoms with Gasteiger partial charge < -0.3 is 9.80 Å². The first kappa shape index (κ1) is 17.5. The number of para-hydroxylation sites is 1. The molecule has 0 aromatic heterocycles. The molecule has 1 atom stereocenters. The Morgan fingerprint density at radius 2 is 2.09 bits per heavy atom. The number of likely N-dealkylation sites (tertiary alicyclic amines) is 1. The average Bonchev–Trinajstić information content (AvgIpc) is 2.52. The quantitative estimate of drug-likeness (QED) is 0.856. The van der Waals surface area contributed by atoms with E-state index in [-0.39, 0.29) is 18.4 Å². The van der Waals surface area contributed by atoms with Gasteiger partial charge in [-0.1, -0.05) is 32.0 Å². The molecule has 2 rings (SSSR count). The van der Waals surface area contributed by atoms with E-state index in [0.717, 1.165) is 42.7 Å². The molecule has 0 aliphatic carbocycles. The molecule has 1 saturated heterocycles. The Hall–Kier alpha value is -1.84. The molecule has 0 saturated carbocycles. The van der Waals surface area contributed by atoms with Crippen molar-refractivity contribution in [2.45, 2.75) is 47.0 Å². The fourth-order valence-electron chi connectivity index (χ4n) is 3.39. The van der Waals surface area contributed by atoms with Crippen molar-refractivity contribution in [3.05, 3.63) is 29.3 Å². The largest absolute Gasteiger partial charge is 0.341 e. The van der Waals surface area contributed by atoms with Crippen molar-refractivity contribution in [2.24, 2.45) is 5.92 Å². The van der Waals surface area contributed by atoms with Gasteiger partial charge in [0.1, 0.15) is 6.54 Å². The molecular formula is C19H28N2O2. The Balaban J connectivity index is 2.23. The maximum absolute atomic E-state index is 12.7. The van der Waals surface area contributed by atoms with E-state index >= 15 is 0 Å². The highest BCUT2D eigenvalue weighted by atomic mass is 16.2. The monoisotopic (exact) mass is 316 g/mol. The predicted octanol–water partition coefficient (Wildman–Crippen LogP) is 3.17. The fourth-order valence-corrected chi connectivity index (χ4v) is 3.39. The van der Waals surface area contributed by atoms with Crippen molar-refractivity contribution in [1.82, 2.24) is 4.90 Å². The van der Waals surface area contributed by atoms with Crippen molar-refractivity contribution in [3.63, 3.8) is 0 Å². The zero-order chi connectivity index (χ0) is 17.0. The molecule has 126 valence electrons. The normalized spacial score (nSPS) is 17.9. The van der Waals surface area contributed by atoms with Gasteiger partial charge in [0.25, 0.3) is 0 Å². The second kappa shape index (κ2) is 7.62. The summed E-state index contributed by atoms with van der Waals surface area (Å²) in [6, 6.07) is 6.04. The molecule has 1 aliphatic heterocycles. The average molecular weight is 316 g/mol. The van der Waals surface area contributed by atoms with E-state index in [4.69, 9.17) is 0 Å². The number of hydrogen-bond donors (Lipinski definition) is 0. The van der Waals surface area contributed by atoms with Crippen LogP contribution in [0, 0.1) is 12.8 Å². The molecular weight excluding hydrogens is 288 g/mol. The lowest BCUT2D eigenvalue weighted by Crippen LogP contribution is -2.46. The van der Waals surface area contributed by atoms with Gasteiger partial charge in [0.05, 0.1) is 5.69 Å². The highest BCUT2D eigenvalue weighted by Gasteiger charge is 2.25. The second-order valence-electron chi connectivity index (χ2n) is 6.63. The van der Waals surface area contributed by atoms with Crippen LogP contribution in [-0.4, -0.2) is 36.3 Å². The van der Waals surface area contributed by atoms with Crippen LogP contribution in [0.2, 0.25) is 0 Å². The Labute approximate surface area is 139 Å². The smallest absolute Gasteiger partial charge is 0.242 e. The van der Waals surface area contributed by atoms with Gasteiger partial charge >= 0.3 is 0 Å². The van der Waals surface area contributed by atoms with Crippen molar-refractivity contribution in [2.75, 3.05) is 24.5 Å². The van der Waals surface area contributed by atoms with Crippen LogP contribution < -0.4 is 4.90 Å². The van der Waals surface area contributed by atoms with Crippen molar-refractivity contribution in [3.8, 4) is 0 Å². The third-order valence-corrected chi connectivity index (χ3v) is 4.66. The molecule has 0 N–H and O–H groups in total. The molecule has 1 fully saturated rings. The topological polar surface area (TPSA) is 40.6 Å². The van der Waals surface area contributed by atoms with E-state index < -0.39 is 0 Å². The van der Waals surface area contributed by atoms with Crippen LogP contribution in [0.4, 0.5) is 5.69 Å². The zero-order valence-electron chi connectivity index (χ0n) is 14.8. The molecule has 23 heavy (non-hydrogen) atoms. The Morgan fingerprint density at radius 1 is 1.35 bits per heavy atom. The number of benzene rings is 1. The van der Waals surface area contributed by atoms with Crippen LogP contribution >= 0.6 is 0 Å². The van der Waals surface area contributed by atoms with Gasteiger partial charge in [-0.15, -0.1) is 0 Å². The van der Waals surface area contributed by atoms with Crippen molar-refractivity contribution in [1.29, 1.82) is 0 Å². The second-order valence-corrected chi connectivity index (χ2v) is 6.63. The zero-order valence-corrected chi connectivity index (χ0v) is 14.8. The molecule has 1 aromatic rings. The predicted molar refractivity (Wildman–Crippen MR) is 93.6 cm³/mol. The van der Waals surface area contributed by atoms with Gasteiger partial charge in [0.15, 0.2) is 0 Å². The summed E-state index contributed by atoms with van der Waals surface area (Å²) in [7, 11) is 0.